The van der Waals surface area contributed by atoms with E-state index in [1.165, 1.54) is 29.1 Å². The molecule has 4 aromatic heterocycles. The van der Waals surface area contributed by atoms with Crippen molar-refractivity contribution < 1.29 is 13.2 Å². The Morgan fingerprint density at radius 2 is 1.84 bits per heavy atom. The van der Waals surface area contributed by atoms with Crippen molar-refractivity contribution in [1.82, 2.24) is 33.9 Å². The lowest BCUT2D eigenvalue weighted by Gasteiger charge is -2.25. The number of morpholine rings is 1. The average Bonchev–Trinajstić information content (AvgIpc) is 3.31. The maximum atomic E-state index is 12.7. The molecule has 0 aliphatic carbocycles. The molecule has 5 rings (SSSR count). The average molecular weight is 454 g/mol. The zero-order valence-corrected chi connectivity index (χ0v) is 17.5. The number of nitrogens with zero attached hydrogens (tertiary/aromatic N) is 6. The monoisotopic (exact) mass is 454 g/mol. The first kappa shape index (κ1) is 20.2. The first-order valence-electron chi connectivity index (χ1n) is 9.71. The van der Waals surface area contributed by atoms with Crippen LogP contribution in [0.4, 0.5) is 11.4 Å². The van der Waals surface area contributed by atoms with Gasteiger partial charge in [0.2, 0.25) is 5.56 Å². The highest BCUT2D eigenvalue weighted by Crippen LogP contribution is 2.26. The fraction of sp³-hybridized carbons (Fsp3) is 0.211. The Morgan fingerprint density at radius 1 is 1.06 bits per heavy atom. The van der Waals surface area contributed by atoms with Gasteiger partial charge in [0.05, 0.1) is 42.7 Å². The van der Waals surface area contributed by atoms with Crippen LogP contribution >= 0.6 is 0 Å². The van der Waals surface area contributed by atoms with Crippen molar-refractivity contribution in [3.8, 4) is 11.3 Å². The zero-order valence-electron chi connectivity index (χ0n) is 16.7. The van der Waals surface area contributed by atoms with Gasteiger partial charge in [-0.1, -0.05) is 0 Å². The number of anilines is 2. The molecule has 0 unspecified atom stereocenters. The van der Waals surface area contributed by atoms with Crippen LogP contribution in [-0.4, -0.2) is 68.6 Å². The lowest BCUT2D eigenvalue weighted by atomic mass is 10.1. The maximum absolute atomic E-state index is 12.7. The Labute approximate surface area is 182 Å². The number of nitrogens with one attached hydrogen (secondary N) is 2. The van der Waals surface area contributed by atoms with Crippen molar-refractivity contribution >= 4 is 27.0 Å². The summed E-state index contributed by atoms with van der Waals surface area (Å²) in [5.41, 5.74) is 2.78. The minimum atomic E-state index is -3.77. The van der Waals surface area contributed by atoms with Crippen molar-refractivity contribution in [3.05, 3.63) is 59.5 Å². The van der Waals surface area contributed by atoms with Gasteiger partial charge in [0.15, 0.2) is 5.65 Å². The van der Waals surface area contributed by atoms with Gasteiger partial charge in [0, 0.05) is 30.9 Å². The van der Waals surface area contributed by atoms with Gasteiger partial charge < -0.3 is 15.0 Å². The van der Waals surface area contributed by atoms with Crippen LogP contribution in [0.5, 0.6) is 0 Å². The Bertz CT molecular complexity index is 1430. The molecule has 0 bridgehead atoms. The van der Waals surface area contributed by atoms with Gasteiger partial charge in [-0.2, -0.15) is 9.40 Å². The lowest BCUT2D eigenvalue weighted by molar-refractivity contribution is 0.0728. The fourth-order valence-electron chi connectivity index (χ4n) is 3.40. The van der Waals surface area contributed by atoms with Crippen molar-refractivity contribution in [2.45, 2.75) is 5.16 Å². The highest BCUT2D eigenvalue weighted by molar-refractivity contribution is 7.88. The quantitative estimate of drug-likeness (QED) is 0.415. The molecule has 164 valence electrons. The van der Waals surface area contributed by atoms with Crippen LogP contribution in [0.3, 0.4) is 0 Å². The minimum Gasteiger partial charge on any atom is -0.379 e. The fourth-order valence-corrected chi connectivity index (χ4v) is 4.63. The van der Waals surface area contributed by atoms with Crippen molar-refractivity contribution in [1.29, 1.82) is 0 Å². The van der Waals surface area contributed by atoms with E-state index in [-0.39, 0.29) is 23.8 Å². The molecule has 0 amide bonds. The predicted octanol–water partition coefficient (Wildman–Crippen LogP) is 0.639. The number of ether oxygens (including phenoxy) is 1. The van der Waals surface area contributed by atoms with Gasteiger partial charge in [-0.25, -0.2) is 27.9 Å². The third-order valence-electron chi connectivity index (χ3n) is 4.94. The molecule has 0 radical (unpaired) electrons. The van der Waals surface area contributed by atoms with E-state index in [2.05, 4.69) is 30.4 Å². The van der Waals surface area contributed by atoms with E-state index in [9.17, 15) is 13.2 Å². The summed E-state index contributed by atoms with van der Waals surface area (Å²) < 4.78 is 33.5. The van der Waals surface area contributed by atoms with Crippen molar-refractivity contribution in [2.24, 2.45) is 0 Å². The third kappa shape index (κ3) is 3.72. The maximum Gasteiger partial charge on any atom is 0.278 e. The number of H-pyrrole nitrogens is 1. The molecule has 32 heavy (non-hydrogen) atoms. The van der Waals surface area contributed by atoms with Crippen LogP contribution in [0.25, 0.3) is 16.9 Å². The summed E-state index contributed by atoms with van der Waals surface area (Å²) >= 11 is 0. The number of pyridine rings is 2. The zero-order chi connectivity index (χ0) is 22.1. The molecule has 4 aromatic rings. The molecule has 1 fully saturated rings. The number of hydrogen-bond acceptors (Lipinski definition) is 9. The number of fused-ring (bicyclic) bond motifs is 1. The first-order valence-corrected chi connectivity index (χ1v) is 11.2. The smallest absolute Gasteiger partial charge is 0.278 e. The highest BCUT2D eigenvalue weighted by atomic mass is 32.2. The molecule has 13 heteroatoms. The van der Waals surface area contributed by atoms with Crippen molar-refractivity contribution in [2.75, 3.05) is 31.6 Å². The Hall–Kier alpha value is -3.68. The summed E-state index contributed by atoms with van der Waals surface area (Å²) in [6, 6.07) is 6.84. The van der Waals surface area contributed by atoms with E-state index in [0.29, 0.717) is 41.5 Å². The van der Waals surface area contributed by atoms with Crippen LogP contribution in [0, 0.1) is 0 Å². The molecule has 1 aliphatic heterocycles. The second-order valence-corrected chi connectivity index (χ2v) is 8.80. The van der Waals surface area contributed by atoms with Crippen LogP contribution in [0.1, 0.15) is 0 Å². The molecule has 1 saturated heterocycles. The third-order valence-corrected chi connectivity index (χ3v) is 6.66. The number of aromatic nitrogens is 6. The standard InChI is InChI=1S/C19H18N8O4S/c28-17-9-13(3-4-20-17)16-2-1-15(18-23-12-24-27(16)18)25-14-10-21-19(22-11-14)32(29,30)26-5-7-31-8-6-26/h1-4,9-12,25H,5-8H2,(H,20,28). The van der Waals surface area contributed by atoms with Gasteiger partial charge in [-0.05, 0) is 18.2 Å². The van der Waals surface area contributed by atoms with Crippen LogP contribution in [-0.2, 0) is 14.8 Å². The summed E-state index contributed by atoms with van der Waals surface area (Å²) in [5.74, 6) is 0. The summed E-state index contributed by atoms with van der Waals surface area (Å²) in [6.07, 6.45) is 5.78. The van der Waals surface area contributed by atoms with E-state index in [4.69, 9.17) is 4.74 Å². The molecule has 0 saturated carbocycles. The molecular weight excluding hydrogens is 436 g/mol. The SMILES string of the molecule is O=c1cc(-c2ccc(Nc3cnc(S(=O)(=O)N4CCOCC4)nc3)c3ncnn23)cc[nH]1. The number of rotatable bonds is 5. The summed E-state index contributed by atoms with van der Waals surface area (Å²) in [5, 5.41) is 7.13. The molecule has 0 atom stereocenters. The van der Waals surface area contributed by atoms with Gasteiger partial charge >= 0.3 is 0 Å². The van der Waals surface area contributed by atoms with Crippen LogP contribution in [0.2, 0.25) is 0 Å². The predicted molar refractivity (Wildman–Crippen MR) is 114 cm³/mol. The van der Waals surface area contributed by atoms with Gasteiger partial charge in [0.1, 0.15) is 6.33 Å². The van der Waals surface area contributed by atoms with E-state index in [0.717, 1.165) is 0 Å². The first-order chi connectivity index (χ1) is 15.5. The normalized spacial score (nSPS) is 15.1. The molecule has 1 aliphatic rings. The van der Waals surface area contributed by atoms with Crippen molar-refractivity contribution in [3.63, 3.8) is 0 Å². The summed E-state index contributed by atoms with van der Waals surface area (Å²) in [6.45, 7) is 1.24. The van der Waals surface area contributed by atoms with Gasteiger partial charge in [0.25, 0.3) is 15.2 Å². The molecule has 5 heterocycles. The Balaban J connectivity index is 1.42. The Kier molecular flexibility index (Phi) is 5.13. The Morgan fingerprint density at radius 3 is 2.59 bits per heavy atom. The molecule has 12 nitrogen and oxygen atoms in total. The van der Waals surface area contributed by atoms with E-state index >= 15 is 0 Å². The number of sulfonamides is 1. The second-order valence-electron chi connectivity index (χ2n) is 6.97. The largest absolute Gasteiger partial charge is 0.379 e. The number of hydrogen-bond donors (Lipinski definition) is 2. The summed E-state index contributed by atoms with van der Waals surface area (Å²) in [7, 11) is -3.77. The van der Waals surface area contributed by atoms with E-state index in [1.807, 2.05) is 0 Å². The summed E-state index contributed by atoms with van der Waals surface area (Å²) in [4.78, 5) is 26.6. The van der Waals surface area contributed by atoms with E-state index in [1.54, 1.807) is 28.9 Å². The van der Waals surface area contributed by atoms with Gasteiger partial charge in [-0.3, -0.25) is 4.79 Å². The second kappa shape index (κ2) is 8.11. The van der Waals surface area contributed by atoms with Crippen LogP contribution in [0.15, 0.2) is 59.1 Å². The topological polar surface area (TPSA) is 147 Å². The van der Waals surface area contributed by atoms with Crippen LogP contribution < -0.4 is 10.9 Å². The minimum absolute atomic E-state index is 0.220. The molecule has 0 aromatic carbocycles. The molecule has 0 spiro atoms. The lowest BCUT2D eigenvalue weighted by Crippen LogP contribution is -2.41. The van der Waals surface area contributed by atoms with E-state index < -0.39 is 10.0 Å². The molecular formula is C19H18N8O4S. The number of aromatic amines is 1. The highest BCUT2D eigenvalue weighted by Gasteiger charge is 2.28. The van der Waals surface area contributed by atoms with Gasteiger partial charge in [-0.15, -0.1) is 0 Å². The molecule has 2 N–H and O–H groups in total.